The maximum absolute atomic E-state index is 12.9. The lowest BCUT2D eigenvalue weighted by molar-refractivity contribution is 0.0489. The molecule has 0 spiro atoms. The summed E-state index contributed by atoms with van der Waals surface area (Å²) in [5.74, 6) is 0. The van der Waals surface area contributed by atoms with E-state index in [1.54, 1.807) is 6.07 Å². The Hall–Kier alpha value is -1.60. The molecule has 0 aromatic heterocycles. The first-order valence-corrected chi connectivity index (χ1v) is 10.00. The van der Waals surface area contributed by atoms with E-state index in [0.29, 0.717) is 30.8 Å². The van der Waals surface area contributed by atoms with Gasteiger partial charge in [-0.3, -0.25) is 0 Å². The van der Waals surface area contributed by atoms with Gasteiger partial charge in [0.2, 0.25) is 10.0 Å². The average Bonchev–Trinajstić information content (AvgIpc) is 2.48. The topological polar surface area (TPSA) is 75.7 Å². The largest absolute Gasteiger partial charge is 0.444 e. The Bertz CT molecular complexity index is 730. The maximum atomic E-state index is 12.9. The van der Waals surface area contributed by atoms with Crippen molar-refractivity contribution in [3.05, 3.63) is 29.3 Å². The van der Waals surface area contributed by atoms with Crippen molar-refractivity contribution in [2.24, 2.45) is 0 Å². The van der Waals surface area contributed by atoms with Crippen molar-refractivity contribution < 1.29 is 17.9 Å². The predicted molar refractivity (Wildman–Crippen MR) is 97.1 cm³/mol. The summed E-state index contributed by atoms with van der Waals surface area (Å²) in [6.07, 6.45) is 0.690. The molecular formula is C18H28N2O4S. The molecule has 1 saturated heterocycles. The fraction of sp³-hybridized carbons (Fsp3) is 0.611. The zero-order valence-electron chi connectivity index (χ0n) is 15.6. The summed E-state index contributed by atoms with van der Waals surface area (Å²) in [4.78, 5) is 12.2. The van der Waals surface area contributed by atoms with Crippen LogP contribution in [0, 0.1) is 13.8 Å². The molecule has 0 aliphatic carbocycles. The minimum absolute atomic E-state index is 0.0695. The number of rotatable bonds is 3. The molecule has 0 atom stereocenters. The van der Waals surface area contributed by atoms with Gasteiger partial charge in [0.25, 0.3) is 0 Å². The molecule has 6 nitrogen and oxygen atoms in total. The Balaban J connectivity index is 1.99. The summed E-state index contributed by atoms with van der Waals surface area (Å²) in [5, 5.41) is 2.83. The van der Waals surface area contributed by atoms with Gasteiger partial charge in [-0.25, -0.2) is 13.2 Å². The molecule has 0 bridgehead atoms. The number of sulfonamides is 1. The molecule has 1 amide bonds. The third-order valence-electron chi connectivity index (χ3n) is 4.14. The molecular weight excluding hydrogens is 340 g/mol. The quantitative estimate of drug-likeness (QED) is 0.890. The number of alkyl carbamates (subject to hydrolysis) is 1. The summed E-state index contributed by atoms with van der Waals surface area (Å²) in [6, 6.07) is 5.39. The molecule has 25 heavy (non-hydrogen) atoms. The summed E-state index contributed by atoms with van der Waals surface area (Å²) < 4.78 is 32.5. The van der Waals surface area contributed by atoms with Crippen molar-refractivity contribution in [1.29, 1.82) is 0 Å². The molecule has 1 aliphatic heterocycles. The van der Waals surface area contributed by atoms with E-state index in [1.165, 1.54) is 4.31 Å². The summed E-state index contributed by atoms with van der Waals surface area (Å²) >= 11 is 0. The zero-order valence-corrected chi connectivity index (χ0v) is 16.4. The first-order chi connectivity index (χ1) is 11.5. The van der Waals surface area contributed by atoms with Crippen LogP contribution in [0.3, 0.4) is 0 Å². The monoisotopic (exact) mass is 368 g/mol. The second-order valence-electron chi connectivity index (χ2n) is 7.59. The van der Waals surface area contributed by atoms with E-state index in [0.717, 1.165) is 11.1 Å². The number of nitrogens with zero attached hydrogens (tertiary/aromatic N) is 1. The molecule has 7 heteroatoms. The number of carbonyl (C=O) groups is 1. The van der Waals surface area contributed by atoms with Crippen molar-refractivity contribution in [2.45, 2.75) is 64.0 Å². The highest BCUT2D eigenvalue weighted by atomic mass is 32.2. The van der Waals surface area contributed by atoms with Crippen LogP contribution in [0.15, 0.2) is 23.1 Å². The lowest BCUT2D eigenvalue weighted by Gasteiger charge is -2.32. The fourth-order valence-corrected chi connectivity index (χ4v) is 4.62. The van der Waals surface area contributed by atoms with Crippen LogP contribution in [-0.4, -0.2) is 43.5 Å². The molecule has 1 N–H and O–H groups in total. The Morgan fingerprint density at radius 2 is 1.80 bits per heavy atom. The predicted octanol–water partition coefficient (Wildman–Crippen LogP) is 2.98. The third kappa shape index (κ3) is 5.19. The lowest BCUT2D eigenvalue weighted by Crippen LogP contribution is -2.47. The van der Waals surface area contributed by atoms with Crippen molar-refractivity contribution in [2.75, 3.05) is 13.1 Å². The first-order valence-electron chi connectivity index (χ1n) is 8.56. The van der Waals surface area contributed by atoms with E-state index in [-0.39, 0.29) is 6.04 Å². The smallest absolute Gasteiger partial charge is 0.407 e. The highest BCUT2D eigenvalue weighted by Gasteiger charge is 2.31. The molecule has 0 saturated carbocycles. The standard InChI is InChI=1S/C18H28N2O4S/c1-13-6-7-14(2)16(12-13)25(22,23)20-10-8-15(9-11-20)19-17(21)24-18(3,4)5/h6-7,12,15H,8-11H2,1-5H3,(H,19,21). The Kier molecular flexibility index (Phi) is 5.79. The highest BCUT2D eigenvalue weighted by Crippen LogP contribution is 2.24. The number of nitrogens with one attached hydrogen (secondary N) is 1. The van der Waals surface area contributed by atoms with Gasteiger partial charge in [0.1, 0.15) is 5.60 Å². The van der Waals surface area contributed by atoms with Crippen LogP contribution in [0.2, 0.25) is 0 Å². The second kappa shape index (κ2) is 7.33. The van der Waals surface area contributed by atoms with Crippen molar-refractivity contribution in [3.63, 3.8) is 0 Å². The number of amides is 1. The van der Waals surface area contributed by atoms with E-state index in [9.17, 15) is 13.2 Å². The van der Waals surface area contributed by atoms with E-state index < -0.39 is 21.7 Å². The molecule has 1 aliphatic rings. The molecule has 1 aromatic carbocycles. The molecule has 0 unspecified atom stereocenters. The van der Waals surface area contributed by atoms with E-state index in [2.05, 4.69) is 5.32 Å². The van der Waals surface area contributed by atoms with Crippen LogP contribution in [0.1, 0.15) is 44.7 Å². The highest BCUT2D eigenvalue weighted by molar-refractivity contribution is 7.89. The van der Waals surface area contributed by atoms with Gasteiger partial charge in [-0.05, 0) is 64.7 Å². The summed E-state index contributed by atoms with van der Waals surface area (Å²) in [7, 11) is -3.51. The number of benzene rings is 1. The third-order valence-corrected chi connectivity index (χ3v) is 6.18. The van der Waals surface area contributed by atoms with Crippen LogP contribution in [0.5, 0.6) is 0 Å². The molecule has 1 fully saturated rings. The molecule has 1 aromatic rings. The van der Waals surface area contributed by atoms with Gasteiger partial charge in [0.15, 0.2) is 0 Å². The minimum atomic E-state index is -3.51. The van der Waals surface area contributed by atoms with Crippen molar-refractivity contribution in [3.8, 4) is 0 Å². The van der Waals surface area contributed by atoms with E-state index in [1.807, 2.05) is 46.8 Å². The Labute approximate surface area is 150 Å². The number of aryl methyl sites for hydroxylation is 2. The van der Waals surface area contributed by atoms with Gasteiger partial charge in [0, 0.05) is 19.1 Å². The van der Waals surface area contributed by atoms with Crippen LogP contribution in [0.25, 0.3) is 0 Å². The molecule has 0 radical (unpaired) electrons. The Morgan fingerprint density at radius 1 is 1.20 bits per heavy atom. The first kappa shape index (κ1) is 19.7. The number of hydrogen-bond acceptors (Lipinski definition) is 4. The fourth-order valence-electron chi connectivity index (χ4n) is 2.84. The van der Waals surface area contributed by atoms with Crippen LogP contribution < -0.4 is 5.32 Å². The minimum Gasteiger partial charge on any atom is -0.444 e. The van der Waals surface area contributed by atoms with Crippen LogP contribution in [-0.2, 0) is 14.8 Å². The summed E-state index contributed by atoms with van der Waals surface area (Å²) in [6.45, 7) is 9.90. The molecule has 2 rings (SSSR count). The van der Waals surface area contributed by atoms with Crippen LogP contribution in [0.4, 0.5) is 4.79 Å². The maximum Gasteiger partial charge on any atom is 0.407 e. The van der Waals surface area contributed by atoms with Crippen LogP contribution >= 0.6 is 0 Å². The number of hydrogen-bond donors (Lipinski definition) is 1. The lowest BCUT2D eigenvalue weighted by atomic mass is 10.1. The number of ether oxygens (including phenoxy) is 1. The average molecular weight is 368 g/mol. The van der Waals surface area contributed by atoms with Gasteiger partial charge in [-0.15, -0.1) is 0 Å². The van der Waals surface area contributed by atoms with E-state index in [4.69, 9.17) is 4.74 Å². The normalized spacial score (nSPS) is 17.3. The van der Waals surface area contributed by atoms with Gasteiger partial charge in [0.05, 0.1) is 4.90 Å². The molecule has 1 heterocycles. The number of piperidine rings is 1. The Morgan fingerprint density at radius 3 is 2.36 bits per heavy atom. The molecule has 140 valence electrons. The van der Waals surface area contributed by atoms with Crippen molar-refractivity contribution in [1.82, 2.24) is 9.62 Å². The summed E-state index contributed by atoms with van der Waals surface area (Å²) in [5.41, 5.74) is 1.13. The van der Waals surface area contributed by atoms with Gasteiger partial charge < -0.3 is 10.1 Å². The second-order valence-corrected chi connectivity index (χ2v) is 9.50. The number of carbonyl (C=O) groups excluding carboxylic acids is 1. The van der Waals surface area contributed by atoms with E-state index >= 15 is 0 Å². The zero-order chi connectivity index (χ0) is 18.8. The SMILES string of the molecule is Cc1ccc(C)c(S(=O)(=O)N2CCC(NC(=O)OC(C)(C)C)CC2)c1. The van der Waals surface area contributed by atoms with Gasteiger partial charge in [-0.1, -0.05) is 12.1 Å². The van der Waals surface area contributed by atoms with Gasteiger partial charge in [-0.2, -0.15) is 4.31 Å². The van der Waals surface area contributed by atoms with Crippen molar-refractivity contribution >= 4 is 16.1 Å². The van der Waals surface area contributed by atoms with Gasteiger partial charge >= 0.3 is 6.09 Å².